The Morgan fingerprint density at radius 3 is 0.764 bits per heavy atom. The highest BCUT2D eigenvalue weighted by atomic mass is 16.7. The summed E-state index contributed by atoms with van der Waals surface area (Å²) in [5.74, 6) is 0. The molecule has 4 rings (SSSR count). The predicted molar refractivity (Wildman–Crippen MR) is 231 cm³/mol. The van der Waals surface area contributed by atoms with Crippen LogP contribution in [0.3, 0.4) is 0 Å². The Kier molecular flexibility index (Phi) is 28.9. The molecule has 0 amide bonds. The first-order valence-corrected chi connectivity index (χ1v) is 23.4. The van der Waals surface area contributed by atoms with Crippen LogP contribution in [-0.2, 0) is 66.3 Å². The van der Waals surface area contributed by atoms with Gasteiger partial charge in [-0.1, -0.05) is 6.58 Å². The van der Waals surface area contributed by atoms with Crippen LogP contribution < -0.4 is 0 Å². The first-order valence-electron chi connectivity index (χ1n) is 23.4. The molecule has 0 spiro atoms. The molecule has 4 aliphatic rings. The van der Waals surface area contributed by atoms with E-state index < -0.39 is 161 Å². The van der Waals surface area contributed by atoms with Gasteiger partial charge in [0.05, 0.1) is 119 Å². The van der Waals surface area contributed by atoms with Crippen LogP contribution in [0.25, 0.3) is 0 Å². The quantitative estimate of drug-likeness (QED) is 0.0210. The van der Waals surface area contributed by atoms with Gasteiger partial charge in [-0.25, -0.2) is 0 Å². The minimum Gasteiger partial charge on any atom is -0.394 e. The van der Waals surface area contributed by atoms with E-state index in [-0.39, 0.29) is 92.5 Å². The molecule has 0 saturated carbocycles. The zero-order valence-corrected chi connectivity index (χ0v) is 39.5. The third kappa shape index (κ3) is 18.9. The average Bonchev–Trinajstić information content (AvgIpc) is 3.37. The van der Waals surface area contributed by atoms with Crippen molar-refractivity contribution in [3.05, 3.63) is 12.2 Å². The van der Waals surface area contributed by atoms with Crippen LogP contribution in [-0.4, -0.2) is 336 Å². The molecule has 30 nitrogen and oxygen atoms in total. The van der Waals surface area contributed by atoms with E-state index in [4.69, 9.17) is 66.3 Å². The number of hydrogen-bond donors (Lipinski definition) is 16. The topological polar surface area (TPSA) is 453 Å². The zero-order valence-electron chi connectivity index (χ0n) is 39.5. The Morgan fingerprint density at radius 1 is 0.333 bits per heavy atom. The van der Waals surface area contributed by atoms with Crippen molar-refractivity contribution in [3.63, 3.8) is 0 Å². The summed E-state index contributed by atoms with van der Waals surface area (Å²) in [4.78, 5) is 0. The molecule has 0 aromatic carbocycles. The number of aliphatic hydroxyl groups excluding tert-OH is 16. The molecule has 20 atom stereocenters. The van der Waals surface area contributed by atoms with Gasteiger partial charge in [0.25, 0.3) is 0 Å². The van der Waals surface area contributed by atoms with Crippen LogP contribution in [0.4, 0.5) is 0 Å². The first-order chi connectivity index (χ1) is 34.5. The van der Waals surface area contributed by atoms with Crippen LogP contribution in [0.15, 0.2) is 12.2 Å². The van der Waals surface area contributed by atoms with Gasteiger partial charge in [-0.15, -0.1) is 0 Å². The molecule has 4 aliphatic heterocycles. The van der Waals surface area contributed by atoms with Gasteiger partial charge in [0.15, 0.2) is 25.2 Å². The van der Waals surface area contributed by atoms with Crippen molar-refractivity contribution in [2.75, 3.05) is 119 Å². The number of hydrogen-bond acceptors (Lipinski definition) is 30. The Morgan fingerprint density at radius 2 is 0.556 bits per heavy atom. The van der Waals surface area contributed by atoms with Crippen molar-refractivity contribution in [2.45, 2.75) is 135 Å². The lowest BCUT2D eigenvalue weighted by Crippen LogP contribution is -2.59. The van der Waals surface area contributed by atoms with Crippen molar-refractivity contribution in [3.8, 4) is 0 Å². The van der Waals surface area contributed by atoms with Gasteiger partial charge >= 0.3 is 0 Å². The van der Waals surface area contributed by atoms with Crippen LogP contribution in [0.1, 0.15) is 0 Å². The van der Waals surface area contributed by atoms with Gasteiger partial charge < -0.3 is 148 Å². The van der Waals surface area contributed by atoms with Gasteiger partial charge in [0.2, 0.25) is 0 Å². The normalized spacial score (nSPS) is 37.7. The van der Waals surface area contributed by atoms with Crippen LogP contribution >= 0.6 is 0 Å². The molecular formula is C42H76O30. The fourth-order valence-electron chi connectivity index (χ4n) is 7.37. The van der Waals surface area contributed by atoms with Gasteiger partial charge in [0.1, 0.15) is 110 Å². The van der Waals surface area contributed by atoms with E-state index in [2.05, 4.69) is 6.58 Å². The third-order valence-electron chi connectivity index (χ3n) is 11.7. The van der Waals surface area contributed by atoms with Gasteiger partial charge in [-0.3, -0.25) is 0 Å². The van der Waals surface area contributed by atoms with Crippen LogP contribution in [0, 0.1) is 0 Å². The Labute approximate surface area is 413 Å². The monoisotopic (exact) mass is 1060 g/mol. The van der Waals surface area contributed by atoms with Crippen LogP contribution in [0.2, 0.25) is 0 Å². The molecule has 4 fully saturated rings. The summed E-state index contributed by atoms with van der Waals surface area (Å²) in [5, 5.41) is 159. The second-order valence-corrected chi connectivity index (χ2v) is 17.2. The third-order valence-corrected chi connectivity index (χ3v) is 11.7. The Hall–Kier alpha value is -1.46. The molecule has 0 aromatic heterocycles. The fraction of sp³-hybridized carbons (Fsp3) is 0.952. The SMILES string of the molecule is C=C(COC(COCCO[C@H]1O[C@H](CO)[C@@H](O)[C@H](O)[C@@H]1O)COCCO[C@H]1O[C@H](CO)[C@@H](O)[C@H](O)[C@@H]1O)COC(COCCO[C@H]1O[C@H](CO)[C@@H](O)[C@H](O)[C@@H]1O)COCCO[C@H]1O[C@H](CO)[C@@H](O)[C@H](O)[C@@H]1O. The molecule has 72 heavy (non-hydrogen) atoms. The maximum absolute atomic E-state index is 10.3. The maximum atomic E-state index is 10.3. The van der Waals surface area contributed by atoms with E-state index in [1.165, 1.54) is 0 Å². The number of aliphatic hydroxyl groups is 16. The summed E-state index contributed by atoms with van der Waals surface area (Å²) in [5.41, 5.74) is 0.402. The number of rotatable bonds is 34. The summed E-state index contributed by atoms with van der Waals surface area (Å²) < 4.78 is 78.1. The Bertz CT molecular complexity index is 1260. The molecule has 16 N–H and O–H groups in total. The fourth-order valence-corrected chi connectivity index (χ4v) is 7.37. The van der Waals surface area contributed by atoms with E-state index in [0.29, 0.717) is 5.57 Å². The Balaban J connectivity index is 1.28. The lowest BCUT2D eigenvalue weighted by molar-refractivity contribution is -0.303. The molecule has 0 unspecified atom stereocenters. The minimum absolute atomic E-state index is 0.0953. The van der Waals surface area contributed by atoms with Gasteiger partial charge in [-0.05, 0) is 5.57 Å². The number of ether oxygens (including phenoxy) is 14. The van der Waals surface area contributed by atoms with Crippen molar-refractivity contribution < 1.29 is 148 Å². The molecule has 30 heteroatoms. The van der Waals surface area contributed by atoms with Gasteiger partial charge in [0, 0.05) is 0 Å². The highest BCUT2D eigenvalue weighted by Crippen LogP contribution is 2.25. The molecule has 0 aromatic rings. The largest absolute Gasteiger partial charge is 0.394 e. The van der Waals surface area contributed by atoms with Crippen LogP contribution in [0.5, 0.6) is 0 Å². The van der Waals surface area contributed by atoms with E-state index >= 15 is 0 Å². The van der Waals surface area contributed by atoms with Crippen molar-refractivity contribution >= 4 is 0 Å². The van der Waals surface area contributed by atoms with Crippen molar-refractivity contribution in [1.29, 1.82) is 0 Å². The summed E-state index contributed by atoms with van der Waals surface area (Å²) >= 11 is 0. The predicted octanol–water partition coefficient (Wildman–Crippen LogP) is -10.4. The van der Waals surface area contributed by atoms with E-state index in [1.54, 1.807) is 0 Å². The van der Waals surface area contributed by atoms with Crippen molar-refractivity contribution in [1.82, 2.24) is 0 Å². The molecule has 0 radical (unpaired) electrons. The molecule has 4 saturated heterocycles. The summed E-state index contributed by atoms with van der Waals surface area (Å²) in [6, 6.07) is 0. The summed E-state index contributed by atoms with van der Waals surface area (Å²) in [7, 11) is 0. The standard InChI is InChI=1S/C42H76O30/c1-20(14-67-21(16-59-2-6-63-39-35(55)31(51)27(47)23(10-43)69-39)17-60-3-7-64-40-36(56)32(52)28(48)24(11-44)70-40)15-68-22(18-61-4-8-65-41-37(57)33(53)29(49)25(12-45)71-41)19-62-5-9-66-42-38(58)34(54)30(50)26(13-46)72-42/h21-58H,1-19H2/t23-,24-,25-,26-,27-,28-,29-,30-,31+,32+,33+,34+,35+,36+,37+,38+,39+,40+,41+,42+/m1/s1. The van der Waals surface area contributed by atoms with E-state index in [1.807, 2.05) is 0 Å². The first kappa shape index (κ1) is 63.1. The molecule has 424 valence electrons. The zero-order chi connectivity index (χ0) is 52.9. The molecule has 4 heterocycles. The highest BCUT2D eigenvalue weighted by molar-refractivity contribution is 4.95. The summed E-state index contributed by atoms with van der Waals surface area (Å²) in [6.07, 6.45) is -31.2. The second kappa shape index (κ2) is 33.0. The summed E-state index contributed by atoms with van der Waals surface area (Å²) in [6.45, 7) is -0.329. The smallest absolute Gasteiger partial charge is 0.186 e. The van der Waals surface area contributed by atoms with Crippen molar-refractivity contribution in [2.24, 2.45) is 0 Å². The van der Waals surface area contributed by atoms with Gasteiger partial charge in [-0.2, -0.15) is 0 Å². The molecular weight excluding hydrogens is 984 g/mol. The van der Waals surface area contributed by atoms with E-state index in [0.717, 1.165) is 0 Å². The minimum atomic E-state index is -1.64. The van der Waals surface area contributed by atoms with E-state index in [9.17, 15) is 81.7 Å². The molecule has 0 bridgehead atoms. The highest BCUT2D eigenvalue weighted by Gasteiger charge is 2.47. The lowest BCUT2D eigenvalue weighted by Gasteiger charge is -2.39. The average molecular weight is 1060 g/mol. The maximum Gasteiger partial charge on any atom is 0.186 e. The second-order valence-electron chi connectivity index (χ2n) is 17.2. The molecule has 0 aliphatic carbocycles. The lowest BCUT2D eigenvalue weighted by atomic mass is 9.99.